The van der Waals surface area contributed by atoms with Crippen LogP contribution in [0.25, 0.3) is 0 Å². The topological polar surface area (TPSA) is 37.3 Å². The number of carbonyl (C=O) groups excluding carboxylic acids is 1. The molecule has 4 nitrogen and oxygen atoms in total. The number of amides is 1. The van der Waals surface area contributed by atoms with E-state index in [1.165, 1.54) is 12.1 Å². The van der Waals surface area contributed by atoms with Gasteiger partial charge in [0, 0.05) is 43.2 Å². The standard InChI is InChI=1S/C18H21F2N3O/c1-2-7-21-17(24)12-23-10-9-22-8-3-4-16(22)18(23)14-6-5-13(19)11-15(14)20/h3-6,8,11,18H,2,7,9-10,12H2,1H3,(H,21,24). The number of aromatic nitrogens is 1. The van der Waals surface area contributed by atoms with Crippen LogP contribution in [0.3, 0.4) is 0 Å². The zero-order chi connectivity index (χ0) is 17.1. The molecule has 1 amide bonds. The van der Waals surface area contributed by atoms with Gasteiger partial charge >= 0.3 is 0 Å². The Bertz CT molecular complexity index is 729. The van der Waals surface area contributed by atoms with Crippen LogP contribution >= 0.6 is 0 Å². The molecule has 1 aromatic carbocycles. The summed E-state index contributed by atoms with van der Waals surface area (Å²) >= 11 is 0. The minimum atomic E-state index is -0.602. The molecule has 0 saturated heterocycles. The molecule has 0 bridgehead atoms. The van der Waals surface area contributed by atoms with Crippen molar-refractivity contribution in [3.63, 3.8) is 0 Å². The molecule has 0 aliphatic carbocycles. The van der Waals surface area contributed by atoms with Gasteiger partial charge in [-0.05, 0) is 24.6 Å². The third kappa shape index (κ3) is 3.33. The number of halogens is 2. The zero-order valence-corrected chi connectivity index (χ0v) is 13.6. The van der Waals surface area contributed by atoms with Crippen LogP contribution in [-0.4, -0.2) is 35.0 Å². The van der Waals surface area contributed by atoms with Crippen molar-refractivity contribution >= 4 is 5.91 Å². The normalized spacial score (nSPS) is 17.5. The molecular formula is C18H21F2N3O. The maximum atomic E-state index is 14.4. The highest BCUT2D eigenvalue weighted by molar-refractivity contribution is 5.78. The van der Waals surface area contributed by atoms with Gasteiger partial charge in [-0.2, -0.15) is 0 Å². The Morgan fingerprint density at radius 1 is 1.29 bits per heavy atom. The Labute approximate surface area is 140 Å². The van der Waals surface area contributed by atoms with Gasteiger partial charge in [0.05, 0.1) is 12.6 Å². The summed E-state index contributed by atoms with van der Waals surface area (Å²) in [7, 11) is 0. The second-order valence-corrected chi connectivity index (χ2v) is 6.02. The Morgan fingerprint density at radius 3 is 2.88 bits per heavy atom. The van der Waals surface area contributed by atoms with Crippen molar-refractivity contribution in [1.29, 1.82) is 0 Å². The Morgan fingerprint density at radius 2 is 2.12 bits per heavy atom. The average molecular weight is 333 g/mol. The fourth-order valence-electron chi connectivity index (χ4n) is 3.19. The summed E-state index contributed by atoms with van der Waals surface area (Å²) in [5, 5.41) is 2.85. The van der Waals surface area contributed by atoms with Crippen LogP contribution in [0.4, 0.5) is 8.78 Å². The lowest BCUT2D eigenvalue weighted by Gasteiger charge is -2.37. The first kappa shape index (κ1) is 16.6. The summed E-state index contributed by atoms with van der Waals surface area (Å²) in [6, 6.07) is 7.05. The number of nitrogens with zero attached hydrogens (tertiary/aromatic N) is 2. The minimum Gasteiger partial charge on any atom is -0.355 e. The lowest BCUT2D eigenvalue weighted by atomic mass is 9.99. The largest absolute Gasteiger partial charge is 0.355 e. The smallest absolute Gasteiger partial charge is 0.234 e. The van der Waals surface area contributed by atoms with Crippen molar-refractivity contribution in [2.75, 3.05) is 19.6 Å². The van der Waals surface area contributed by atoms with Crippen LogP contribution < -0.4 is 5.32 Å². The van der Waals surface area contributed by atoms with Crippen LogP contribution in [0.1, 0.15) is 30.6 Å². The van der Waals surface area contributed by atoms with Crippen molar-refractivity contribution in [1.82, 2.24) is 14.8 Å². The molecule has 0 spiro atoms. The summed E-state index contributed by atoms with van der Waals surface area (Å²) < 4.78 is 29.7. The Kier molecular flexibility index (Phi) is 4.94. The molecule has 0 radical (unpaired) electrons. The molecule has 1 N–H and O–H groups in total. The number of nitrogens with one attached hydrogen (secondary N) is 1. The first-order valence-electron chi connectivity index (χ1n) is 8.21. The summed E-state index contributed by atoms with van der Waals surface area (Å²) in [5.74, 6) is -1.27. The van der Waals surface area contributed by atoms with Crippen molar-refractivity contribution in [3.05, 3.63) is 59.4 Å². The fourth-order valence-corrected chi connectivity index (χ4v) is 3.19. The van der Waals surface area contributed by atoms with E-state index in [2.05, 4.69) is 5.32 Å². The number of hydrogen-bond acceptors (Lipinski definition) is 2. The summed E-state index contributed by atoms with van der Waals surface area (Å²) in [4.78, 5) is 14.1. The second kappa shape index (κ2) is 7.13. The quantitative estimate of drug-likeness (QED) is 0.913. The van der Waals surface area contributed by atoms with Crippen LogP contribution in [0.5, 0.6) is 0 Å². The molecule has 1 aliphatic rings. The van der Waals surface area contributed by atoms with Crippen LogP contribution in [0.15, 0.2) is 36.5 Å². The molecule has 1 aliphatic heterocycles. The highest BCUT2D eigenvalue weighted by atomic mass is 19.1. The van der Waals surface area contributed by atoms with E-state index in [-0.39, 0.29) is 12.5 Å². The maximum absolute atomic E-state index is 14.4. The van der Waals surface area contributed by atoms with Crippen molar-refractivity contribution in [2.45, 2.75) is 25.9 Å². The molecule has 1 aromatic heterocycles. The summed E-state index contributed by atoms with van der Waals surface area (Å²) in [5.41, 5.74) is 1.30. The molecule has 2 aromatic rings. The van der Waals surface area contributed by atoms with Gasteiger partial charge in [-0.25, -0.2) is 8.78 Å². The number of fused-ring (bicyclic) bond motifs is 1. The molecule has 0 saturated carbocycles. The van der Waals surface area contributed by atoms with Gasteiger partial charge in [0.2, 0.25) is 5.91 Å². The lowest BCUT2D eigenvalue weighted by molar-refractivity contribution is -0.122. The van der Waals surface area contributed by atoms with Gasteiger partial charge in [-0.3, -0.25) is 9.69 Å². The van der Waals surface area contributed by atoms with E-state index in [1.807, 2.05) is 34.7 Å². The molecule has 3 rings (SSSR count). The van der Waals surface area contributed by atoms with E-state index in [4.69, 9.17) is 0 Å². The van der Waals surface area contributed by atoms with E-state index in [0.29, 0.717) is 18.7 Å². The van der Waals surface area contributed by atoms with E-state index < -0.39 is 17.7 Å². The average Bonchev–Trinajstić information content (AvgIpc) is 3.02. The Balaban J connectivity index is 1.92. The first-order chi connectivity index (χ1) is 11.6. The second-order valence-electron chi connectivity index (χ2n) is 6.02. The Hall–Kier alpha value is -2.21. The zero-order valence-electron chi connectivity index (χ0n) is 13.6. The highest BCUT2D eigenvalue weighted by Gasteiger charge is 2.31. The van der Waals surface area contributed by atoms with Crippen molar-refractivity contribution in [2.24, 2.45) is 0 Å². The van der Waals surface area contributed by atoms with Crippen LogP contribution in [0, 0.1) is 11.6 Å². The third-order valence-corrected chi connectivity index (χ3v) is 4.31. The van der Waals surface area contributed by atoms with Gasteiger partial charge in [-0.1, -0.05) is 13.0 Å². The van der Waals surface area contributed by atoms with Crippen LogP contribution in [0.2, 0.25) is 0 Å². The third-order valence-electron chi connectivity index (χ3n) is 4.31. The molecule has 24 heavy (non-hydrogen) atoms. The highest BCUT2D eigenvalue weighted by Crippen LogP contribution is 2.33. The SMILES string of the molecule is CCCNC(=O)CN1CCn2cccc2C1c1ccc(F)cc1F. The summed E-state index contributed by atoms with van der Waals surface area (Å²) in [6.07, 6.45) is 2.81. The number of benzene rings is 1. The minimum absolute atomic E-state index is 0.0793. The molecule has 6 heteroatoms. The molecule has 1 atom stereocenters. The summed E-state index contributed by atoms with van der Waals surface area (Å²) in [6.45, 7) is 4.17. The molecule has 128 valence electrons. The van der Waals surface area contributed by atoms with Gasteiger partial charge < -0.3 is 9.88 Å². The monoisotopic (exact) mass is 333 g/mol. The van der Waals surface area contributed by atoms with E-state index in [1.54, 1.807) is 0 Å². The van der Waals surface area contributed by atoms with E-state index >= 15 is 0 Å². The molecule has 1 unspecified atom stereocenters. The number of rotatable bonds is 5. The predicted octanol–water partition coefficient (Wildman–Crippen LogP) is 2.70. The first-order valence-corrected chi connectivity index (χ1v) is 8.21. The molecule has 2 heterocycles. The van der Waals surface area contributed by atoms with Gasteiger partial charge in [0.25, 0.3) is 0 Å². The van der Waals surface area contributed by atoms with Gasteiger partial charge in [0.15, 0.2) is 0 Å². The van der Waals surface area contributed by atoms with E-state index in [0.717, 1.165) is 24.7 Å². The van der Waals surface area contributed by atoms with Crippen LogP contribution in [-0.2, 0) is 11.3 Å². The number of hydrogen-bond donors (Lipinski definition) is 1. The van der Waals surface area contributed by atoms with Gasteiger partial charge in [0.1, 0.15) is 11.6 Å². The van der Waals surface area contributed by atoms with Gasteiger partial charge in [-0.15, -0.1) is 0 Å². The predicted molar refractivity (Wildman–Crippen MR) is 87.5 cm³/mol. The number of carbonyl (C=O) groups is 1. The fraction of sp³-hybridized carbons (Fsp3) is 0.389. The maximum Gasteiger partial charge on any atom is 0.234 e. The van der Waals surface area contributed by atoms with Crippen molar-refractivity contribution in [3.8, 4) is 0 Å². The molecule has 0 fully saturated rings. The lowest BCUT2D eigenvalue weighted by Crippen LogP contribution is -2.44. The molecular weight excluding hydrogens is 312 g/mol. The van der Waals surface area contributed by atoms with Crippen molar-refractivity contribution < 1.29 is 13.6 Å². The van der Waals surface area contributed by atoms with E-state index in [9.17, 15) is 13.6 Å².